The van der Waals surface area contributed by atoms with Crippen LogP contribution in [0.2, 0.25) is 0 Å². The quantitative estimate of drug-likeness (QED) is 0.875. The zero-order valence-electron chi connectivity index (χ0n) is 13.0. The summed E-state index contributed by atoms with van der Waals surface area (Å²) in [6, 6.07) is 8.29. The zero-order chi connectivity index (χ0) is 15.2. The molecule has 21 heavy (non-hydrogen) atoms. The Hall–Kier alpha value is -1.55. The Morgan fingerprint density at radius 1 is 1.43 bits per heavy atom. The van der Waals surface area contributed by atoms with Gasteiger partial charge in [-0.05, 0) is 48.9 Å². The van der Waals surface area contributed by atoms with Gasteiger partial charge in [-0.3, -0.25) is 4.79 Å². The summed E-state index contributed by atoms with van der Waals surface area (Å²) < 4.78 is 5.20. The molecule has 0 bridgehead atoms. The fourth-order valence-electron chi connectivity index (χ4n) is 3.19. The third-order valence-electron chi connectivity index (χ3n) is 4.31. The number of nitrogens with two attached hydrogens (primary N) is 1. The Labute approximate surface area is 127 Å². The van der Waals surface area contributed by atoms with Crippen molar-refractivity contribution in [3.63, 3.8) is 0 Å². The number of benzene rings is 1. The molecule has 1 fully saturated rings. The summed E-state index contributed by atoms with van der Waals surface area (Å²) >= 11 is 0. The Morgan fingerprint density at radius 2 is 2.14 bits per heavy atom. The lowest BCUT2D eigenvalue weighted by Crippen LogP contribution is -2.38. The van der Waals surface area contributed by atoms with E-state index in [-0.39, 0.29) is 5.91 Å². The van der Waals surface area contributed by atoms with Gasteiger partial charge in [0.25, 0.3) is 0 Å². The van der Waals surface area contributed by atoms with Crippen LogP contribution in [-0.2, 0) is 4.79 Å². The van der Waals surface area contributed by atoms with Crippen molar-refractivity contribution in [2.45, 2.75) is 32.1 Å². The molecular formula is C17H26N2O2. The molecule has 0 spiro atoms. The summed E-state index contributed by atoms with van der Waals surface area (Å²) in [6.07, 6.45) is 2.80. The molecular weight excluding hydrogens is 264 g/mol. The summed E-state index contributed by atoms with van der Waals surface area (Å²) in [5.41, 5.74) is 6.65. The summed E-state index contributed by atoms with van der Waals surface area (Å²) in [5, 5.41) is 0. The predicted molar refractivity (Wildman–Crippen MR) is 84.4 cm³/mol. The first-order valence-corrected chi connectivity index (χ1v) is 7.73. The number of primary amides is 1. The van der Waals surface area contributed by atoms with E-state index >= 15 is 0 Å². The van der Waals surface area contributed by atoms with E-state index in [2.05, 4.69) is 24.0 Å². The van der Waals surface area contributed by atoms with Gasteiger partial charge in [0, 0.05) is 19.5 Å². The Bertz CT molecular complexity index is 458. The topological polar surface area (TPSA) is 55.6 Å². The molecule has 0 aromatic heterocycles. The smallest absolute Gasteiger partial charge is 0.217 e. The molecule has 1 heterocycles. The number of amides is 1. The Kier molecular flexibility index (Phi) is 5.62. The molecule has 1 aliphatic rings. The molecule has 2 N–H and O–H groups in total. The van der Waals surface area contributed by atoms with Crippen molar-refractivity contribution in [3.05, 3.63) is 29.8 Å². The molecule has 0 saturated carbocycles. The number of rotatable bonds is 6. The maximum absolute atomic E-state index is 11.1. The highest BCUT2D eigenvalue weighted by atomic mass is 16.5. The van der Waals surface area contributed by atoms with Crippen LogP contribution in [0.4, 0.5) is 0 Å². The van der Waals surface area contributed by atoms with Crippen LogP contribution in [-0.4, -0.2) is 37.6 Å². The second-order valence-corrected chi connectivity index (χ2v) is 6.11. The monoisotopic (exact) mass is 290 g/mol. The lowest BCUT2D eigenvalue weighted by Gasteiger charge is -2.34. The third-order valence-corrected chi connectivity index (χ3v) is 4.31. The average molecular weight is 290 g/mol. The Balaban J connectivity index is 1.88. The first-order valence-electron chi connectivity index (χ1n) is 7.73. The molecule has 2 rings (SSSR count). The number of hydrogen-bond acceptors (Lipinski definition) is 3. The van der Waals surface area contributed by atoms with Crippen molar-refractivity contribution < 1.29 is 9.53 Å². The number of likely N-dealkylation sites (tertiary alicyclic amines) is 1. The number of ether oxygens (including phenoxy) is 1. The van der Waals surface area contributed by atoms with E-state index in [1.54, 1.807) is 7.11 Å². The van der Waals surface area contributed by atoms with Crippen LogP contribution < -0.4 is 10.5 Å². The molecule has 116 valence electrons. The second kappa shape index (κ2) is 7.46. The molecule has 1 aliphatic heterocycles. The lowest BCUT2D eigenvalue weighted by atomic mass is 9.93. The minimum atomic E-state index is -0.176. The van der Waals surface area contributed by atoms with Crippen molar-refractivity contribution in [2.24, 2.45) is 11.7 Å². The van der Waals surface area contributed by atoms with Gasteiger partial charge in [-0.1, -0.05) is 19.1 Å². The molecule has 1 amide bonds. The van der Waals surface area contributed by atoms with Gasteiger partial charge in [0.15, 0.2) is 0 Å². The van der Waals surface area contributed by atoms with E-state index < -0.39 is 0 Å². The number of piperidine rings is 1. The third kappa shape index (κ3) is 4.74. The van der Waals surface area contributed by atoms with Crippen LogP contribution >= 0.6 is 0 Å². The molecule has 0 aliphatic carbocycles. The van der Waals surface area contributed by atoms with Crippen LogP contribution in [0, 0.1) is 5.92 Å². The van der Waals surface area contributed by atoms with Gasteiger partial charge in [-0.25, -0.2) is 0 Å². The number of carbonyl (C=O) groups excluding carboxylic acids is 1. The highest BCUT2D eigenvalue weighted by molar-refractivity contribution is 5.74. The maximum Gasteiger partial charge on any atom is 0.217 e. The molecule has 0 radical (unpaired) electrons. The van der Waals surface area contributed by atoms with Crippen LogP contribution in [0.25, 0.3) is 0 Å². The maximum atomic E-state index is 11.1. The van der Waals surface area contributed by atoms with Crippen molar-refractivity contribution >= 4 is 5.91 Å². The van der Waals surface area contributed by atoms with Crippen molar-refractivity contribution in [3.8, 4) is 5.75 Å². The molecule has 4 nitrogen and oxygen atoms in total. The predicted octanol–water partition coefficient (Wildman–Crippen LogP) is 2.39. The molecule has 1 saturated heterocycles. The minimum absolute atomic E-state index is 0.176. The van der Waals surface area contributed by atoms with Crippen LogP contribution in [0.15, 0.2) is 24.3 Å². The van der Waals surface area contributed by atoms with Gasteiger partial charge in [-0.2, -0.15) is 0 Å². The van der Waals surface area contributed by atoms with Gasteiger partial charge in [0.05, 0.1) is 7.11 Å². The van der Waals surface area contributed by atoms with Crippen molar-refractivity contribution in [1.29, 1.82) is 0 Å². The number of hydrogen-bond donors (Lipinski definition) is 1. The van der Waals surface area contributed by atoms with E-state index in [0.717, 1.165) is 38.2 Å². The van der Waals surface area contributed by atoms with Crippen LogP contribution in [0.3, 0.4) is 0 Å². The Morgan fingerprint density at radius 3 is 2.76 bits per heavy atom. The van der Waals surface area contributed by atoms with Gasteiger partial charge in [0.2, 0.25) is 5.91 Å². The molecule has 1 aromatic carbocycles. The summed E-state index contributed by atoms with van der Waals surface area (Å²) in [6.45, 7) is 5.39. The SMILES string of the molecule is COc1ccc([C@H](C)CN2CCC[C@@H](CC(N)=O)C2)cc1. The van der Waals surface area contributed by atoms with Gasteiger partial charge in [0.1, 0.15) is 5.75 Å². The highest BCUT2D eigenvalue weighted by Gasteiger charge is 2.22. The summed E-state index contributed by atoms with van der Waals surface area (Å²) in [4.78, 5) is 13.5. The largest absolute Gasteiger partial charge is 0.497 e. The normalized spacial score (nSPS) is 21.0. The molecule has 1 aromatic rings. The molecule has 0 unspecified atom stereocenters. The van der Waals surface area contributed by atoms with Crippen LogP contribution in [0.1, 0.15) is 37.7 Å². The highest BCUT2D eigenvalue weighted by Crippen LogP contribution is 2.24. The molecule has 2 atom stereocenters. The number of nitrogens with zero attached hydrogens (tertiary/aromatic N) is 1. The van der Waals surface area contributed by atoms with E-state index in [4.69, 9.17) is 10.5 Å². The van der Waals surface area contributed by atoms with Gasteiger partial charge in [-0.15, -0.1) is 0 Å². The van der Waals surface area contributed by atoms with E-state index in [0.29, 0.717) is 18.3 Å². The minimum Gasteiger partial charge on any atom is -0.497 e. The fourth-order valence-corrected chi connectivity index (χ4v) is 3.19. The van der Waals surface area contributed by atoms with E-state index in [9.17, 15) is 4.79 Å². The first-order chi connectivity index (χ1) is 10.1. The summed E-state index contributed by atoms with van der Waals surface area (Å²) in [7, 11) is 1.69. The summed E-state index contributed by atoms with van der Waals surface area (Å²) in [5.74, 6) is 1.62. The fraction of sp³-hybridized carbons (Fsp3) is 0.588. The zero-order valence-corrected chi connectivity index (χ0v) is 13.0. The lowest BCUT2D eigenvalue weighted by molar-refractivity contribution is -0.119. The van der Waals surface area contributed by atoms with Crippen LogP contribution in [0.5, 0.6) is 5.75 Å². The van der Waals surface area contributed by atoms with Crippen molar-refractivity contribution in [1.82, 2.24) is 4.90 Å². The molecule has 4 heteroatoms. The van der Waals surface area contributed by atoms with E-state index in [1.165, 1.54) is 5.56 Å². The average Bonchev–Trinajstić information content (AvgIpc) is 2.47. The van der Waals surface area contributed by atoms with Gasteiger partial charge >= 0.3 is 0 Å². The van der Waals surface area contributed by atoms with Gasteiger partial charge < -0.3 is 15.4 Å². The van der Waals surface area contributed by atoms with Crippen molar-refractivity contribution in [2.75, 3.05) is 26.7 Å². The standard InChI is InChI=1S/C17H26N2O2/c1-13(15-5-7-16(21-2)8-6-15)11-19-9-3-4-14(12-19)10-17(18)20/h5-8,13-14H,3-4,9-12H2,1-2H3,(H2,18,20)/t13-,14+/m1/s1. The van der Waals surface area contributed by atoms with E-state index in [1.807, 2.05) is 12.1 Å². The number of methoxy groups -OCH3 is 1. The number of carbonyl (C=O) groups is 1. The second-order valence-electron chi connectivity index (χ2n) is 6.11. The first kappa shape index (κ1) is 15.8.